The lowest BCUT2D eigenvalue weighted by molar-refractivity contribution is -0.138. The van der Waals surface area contributed by atoms with Gasteiger partial charge in [0.25, 0.3) is 0 Å². The fourth-order valence-electron chi connectivity index (χ4n) is 0.984. The Balaban J connectivity index is 2.35. The highest BCUT2D eigenvalue weighted by atomic mass is 79.9. The molecule has 3 nitrogen and oxygen atoms in total. The molecule has 1 rings (SSSR count). The van der Waals surface area contributed by atoms with E-state index in [1.165, 1.54) is 0 Å². The van der Waals surface area contributed by atoms with Crippen molar-refractivity contribution < 1.29 is 9.90 Å². The molecule has 3 N–H and O–H groups in total. The van der Waals surface area contributed by atoms with Gasteiger partial charge in [0, 0.05) is 15.1 Å². The van der Waals surface area contributed by atoms with E-state index in [0.717, 1.165) is 9.37 Å². The van der Waals surface area contributed by atoms with E-state index in [1.807, 2.05) is 24.3 Å². The molecule has 0 aliphatic carbocycles. The molecule has 0 spiro atoms. The lowest BCUT2D eigenvalue weighted by Gasteiger charge is -2.05. The van der Waals surface area contributed by atoms with Gasteiger partial charge in [-0.2, -0.15) is 0 Å². The predicted molar refractivity (Wildman–Crippen MR) is 65.1 cm³/mol. The van der Waals surface area contributed by atoms with E-state index in [4.69, 9.17) is 10.8 Å². The third-order valence-corrected chi connectivity index (χ3v) is 3.33. The number of carboxylic acid groups (broad SMARTS) is 1. The topological polar surface area (TPSA) is 63.3 Å². The van der Waals surface area contributed by atoms with Crippen LogP contribution in [0.15, 0.2) is 33.6 Å². The summed E-state index contributed by atoms with van der Waals surface area (Å²) in [5, 5.41) is 8.58. The first-order valence-electron chi connectivity index (χ1n) is 4.46. The molecule has 0 radical (unpaired) electrons. The number of carboxylic acids is 1. The lowest BCUT2D eigenvalue weighted by Crippen LogP contribution is -2.30. The summed E-state index contributed by atoms with van der Waals surface area (Å²) >= 11 is 4.98. The van der Waals surface area contributed by atoms with Crippen molar-refractivity contribution in [3.05, 3.63) is 28.7 Å². The molecule has 0 amide bonds. The SMILES string of the molecule is NC(CCSc1cccc(Br)c1)C(=O)O. The van der Waals surface area contributed by atoms with Crippen LogP contribution in [0.2, 0.25) is 0 Å². The van der Waals surface area contributed by atoms with Crippen LogP contribution in [0, 0.1) is 0 Å². The molecule has 5 heteroatoms. The maximum Gasteiger partial charge on any atom is 0.320 e. The second-order valence-electron chi connectivity index (χ2n) is 3.04. The van der Waals surface area contributed by atoms with Gasteiger partial charge in [-0.15, -0.1) is 11.8 Å². The fraction of sp³-hybridized carbons (Fsp3) is 0.300. The minimum Gasteiger partial charge on any atom is -0.480 e. The van der Waals surface area contributed by atoms with E-state index in [-0.39, 0.29) is 0 Å². The van der Waals surface area contributed by atoms with Crippen molar-refractivity contribution in [2.45, 2.75) is 17.4 Å². The highest BCUT2D eigenvalue weighted by Gasteiger charge is 2.10. The summed E-state index contributed by atoms with van der Waals surface area (Å²) in [6.45, 7) is 0. The molecule has 82 valence electrons. The van der Waals surface area contributed by atoms with Crippen molar-refractivity contribution in [1.82, 2.24) is 0 Å². The molecule has 0 heterocycles. The number of thioether (sulfide) groups is 1. The van der Waals surface area contributed by atoms with Crippen molar-refractivity contribution >= 4 is 33.7 Å². The van der Waals surface area contributed by atoms with Gasteiger partial charge < -0.3 is 10.8 Å². The van der Waals surface area contributed by atoms with Crippen LogP contribution in [0.4, 0.5) is 0 Å². The smallest absolute Gasteiger partial charge is 0.320 e. The average molecular weight is 290 g/mol. The number of hydrogen-bond donors (Lipinski definition) is 2. The number of rotatable bonds is 5. The van der Waals surface area contributed by atoms with Crippen LogP contribution < -0.4 is 5.73 Å². The van der Waals surface area contributed by atoms with Gasteiger partial charge >= 0.3 is 5.97 Å². The summed E-state index contributed by atoms with van der Waals surface area (Å²) in [7, 11) is 0. The number of benzene rings is 1. The number of hydrogen-bond acceptors (Lipinski definition) is 3. The van der Waals surface area contributed by atoms with E-state index in [0.29, 0.717) is 12.2 Å². The third kappa shape index (κ3) is 4.68. The third-order valence-electron chi connectivity index (χ3n) is 1.81. The summed E-state index contributed by atoms with van der Waals surface area (Å²) < 4.78 is 1.02. The van der Waals surface area contributed by atoms with Crippen LogP contribution in [0.3, 0.4) is 0 Å². The molecule has 0 fully saturated rings. The Hall–Kier alpha value is -0.520. The van der Waals surface area contributed by atoms with Crippen molar-refractivity contribution in [1.29, 1.82) is 0 Å². The number of halogens is 1. The Morgan fingerprint density at radius 3 is 2.93 bits per heavy atom. The van der Waals surface area contributed by atoms with Crippen molar-refractivity contribution in [2.24, 2.45) is 5.73 Å². The molecule has 1 atom stereocenters. The van der Waals surface area contributed by atoms with Crippen LogP contribution in [-0.4, -0.2) is 22.9 Å². The van der Waals surface area contributed by atoms with Gasteiger partial charge in [-0.05, 0) is 24.6 Å². The van der Waals surface area contributed by atoms with Crippen LogP contribution in [0.1, 0.15) is 6.42 Å². The van der Waals surface area contributed by atoms with E-state index in [9.17, 15) is 4.79 Å². The zero-order valence-electron chi connectivity index (χ0n) is 8.02. The van der Waals surface area contributed by atoms with Crippen molar-refractivity contribution in [3.8, 4) is 0 Å². The van der Waals surface area contributed by atoms with Gasteiger partial charge in [-0.3, -0.25) is 4.79 Å². The number of nitrogens with two attached hydrogens (primary N) is 1. The average Bonchev–Trinajstić information content (AvgIpc) is 2.17. The quantitative estimate of drug-likeness (QED) is 0.817. The van der Waals surface area contributed by atoms with Crippen LogP contribution in [0.5, 0.6) is 0 Å². The van der Waals surface area contributed by atoms with E-state index >= 15 is 0 Å². The standard InChI is InChI=1S/C10H12BrNO2S/c11-7-2-1-3-8(6-7)15-5-4-9(12)10(13)14/h1-3,6,9H,4-5,12H2,(H,13,14). The fourth-order valence-corrected chi connectivity index (χ4v) is 2.53. The minimum atomic E-state index is -0.940. The Morgan fingerprint density at radius 1 is 1.60 bits per heavy atom. The molecule has 1 aromatic rings. The van der Waals surface area contributed by atoms with Crippen LogP contribution in [-0.2, 0) is 4.79 Å². The van der Waals surface area contributed by atoms with Gasteiger partial charge in [0.05, 0.1) is 0 Å². The summed E-state index contributed by atoms with van der Waals surface area (Å²) in [5.74, 6) is -0.228. The zero-order chi connectivity index (χ0) is 11.3. The van der Waals surface area contributed by atoms with E-state index < -0.39 is 12.0 Å². The van der Waals surface area contributed by atoms with E-state index in [1.54, 1.807) is 11.8 Å². The molecule has 15 heavy (non-hydrogen) atoms. The molecule has 1 unspecified atom stereocenters. The van der Waals surface area contributed by atoms with Gasteiger partial charge in [0.2, 0.25) is 0 Å². The van der Waals surface area contributed by atoms with Crippen LogP contribution in [0.25, 0.3) is 0 Å². The highest BCUT2D eigenvalue weighted by Crippen LogP contribution is 2.22. The Morgan fingerprint density at radius 2 is 2.33 bits per heavy atom. The van der Waals surface area contributed by atoms with Gasteiger partial charge in [-0.25, -0.2) is 0 Å². The highest BCUT2D eigenvalue weighted by molar-refractivity contribution is 9.10. The predicted octanol–water partition coefficient (Wildman–Crippen LogP) is 2.34. The summed E-state index contributed by atoms with van der Waals surface area (Å²) in [4.78, 5) is 11.6. The summed E-state index contributed by atoms with van der Waals surface area (Å²) in [6.07, 6.45) is 0.479. The lowest BCUT2D eigenvalue weighted by atomic mass is 10.2. The maximum absolute atomic E-state index is 10.5. The Kier molecular flexibility index (Phi) is 5.14. The number of carbonyl (C=O) groups is 1. The monoisotopic (exact) mass is 289 g/mol. The largest absolute Gasteiger partial charge is 0.480 e. The molecule has 1 aromatic carbocycles. The minimum absolute atomic E-state index is 0.479. The molecule has 0 aliphatic rings. The van der Waals surface area contributed by atoms with Crippen LogP contribution >= 0.6 is 27.7 Å². The van der Waals surface area contributed by atoms with Gasteiger partial charge in [-0.1, -0.05) is 22.0 Å². The molecular weight excluding hydrogens is 278 g/mol. The Bertz CT molecular complexity index is 346. The molecule has 0 saturated heterocycles. The zero-order valence-corrected chi connectivity index (χ0v) is 10.4. The molecule has 0 aliphatic heterocycles. The van der Waals surface area contributed by atoms with Gasteiger partial charge in [0.15, 0.2) is 0 Å². The number of aliphatic carboxylic acids is 1. The molecule has 0 aromatic heterocycles. The normalized spacial score (nSPS) is 12.4. The van der Waals surface area contributed by atoms with Gasteiger partial charge in [0.1, 0.15) is 6.04 Å². The maximum atomic E-state index is 10.5. The van der Waals surface area contributed by atoms with Crippen molar-refractivity contribution in [3.63, 3.8) is 0 Å². The first-order valence-corrected chi connectivity index (χ1v) is 6.24. The summed E-state index contributed by atoms with van der Waals surface area (Å²) in [6, 6.07) is 7.12. The molecule has 0 saturated carbocycles. The second-order valence-corrected chi connectivity index (χ2v) is 5.12. The van der Waals surface area contributed by atoms with E-state index in [2.05, 4.69) is 15.9 Å². The second kappa shape index (κ2) is 6.15. The molecular formula is C10H12BrNO2S. The van der Waals surface area contributed by atoms with Crippen molar-refractivity contribution in [2.75, 3.05) is 5.75 Å². The summed E-state index contributed by atoms with van der Waals surface area (Å²) in [5.41, 5.74) is 5.39. The molecule has 0 bridgehead atoms. The first-order chi connectivity index (χ1) is 7.09. The Labute approximate surface area is 101 Å². The first kappa shape index (κ1) is 12.5.